The standard InChI is InChI=1S/C19H32N2O5S/c1-14-7-9-16(10-8-14)21(12-15(2)23)27(25,26)19-6-4-3-5-18(19)20-11-17(24)13-22/h3-6,14-17,20,22-24H,7-13H2,1-2H3. The molecule has 1 aliphatic rings. The topological polar surface area (TPSA) is 110 Å². The van der Waals surface area contributed by atoms with E-state index in [2.05, 4.69) is 12.2 Å². The van der Waals surface area contributed by atoms with Crippen LogP contribution in [0.15, 0.2) is 29.2 Å². The number of para-hydroxylation sites is 1. The van der Waals surface area contributed by atoms with Gasteiger partial charge in [-0.3, -0.25) is 0 Å². The summed E-state index contributed by atoms with van der Waals surface area (Å²) >= 11 is 0. The first-order valence-electron chi connectivity index (χ1n) is 9.57. The quantitative estimate of drug-likeness (QED) is 0.499. The molecule has 0 bridgehead atoms. The van der Waals surface area contributed by atoms with Gasteiger partial charge in [0.1, 0.15) is 4.90 Å². The van der Waals surface area contributed by atoms with Crippen molar-refractivity contribution in [2.75, 3.05) is 25.0 Å². The Balaban J connectivity index is 2.32. The highest BCUT2D eigenvalue weighted by molar-refractivity contribution is 7.89. The molecule has 0 heterocycles. The van der Waals surface area contributed by atoms with Crippen molar-refractivity contribution >= 4 is 15.7 Å². The van der Waals surface area contributed by atoms with Crippen LogP contribution in [0, 0.1) is 5.92 Å². The number of sulfonamides is 1. The Morgan fingerprint density at radius 2 is 1.81 bits per heavy atom. The van der Waals surface area contributed by atoms with Crippen LogP contribution in [0.3, 0.4) is 0 Å². The van der Waals surface area contributed by atoms with Crippen LogP contribution in [0.5, 0.6) is 0 Å². The van der Waals surface area contributed by atoms with Crippen LogP contribution >= 0.6 is 0 Å². The van der Waals surface area contributed by atoms with Gasteiger partial charge in [0.2, 0.25) is 10.0 Å². The predicted octanol–water partition coefficient (Wildman–Crippen LogP) is 1.40. The molecule has 0 saturated heterocycles. The molecule has 0 radical (unpaired) electrons. The maximum Gasteiger partial charge on any atom is 0.245 e. The number of aliphatic hydroxyl groups is 3. The van der Waals surface area contributed by atoms with Crippen molar-refractivity contribution < 1.29 is 23.7 Å². The number of rotatable bonds is 9. The fourth-order valence-corrected chi connectivity index (χ4v) is 5.43. The van der Waals surface area contributed by atoms with Crippen molar-refractivity contribution in [1.82, 2.24) is 4.31 Å². The second kappa shape index (κ2) is 9.84. The van der Waals surface area contributed by atoms with Crippen LogP contribution in [0.4, 0.5) is 5.69 Å². The Kier molecular flexibility index (Phi) is 8.05. The van der Waals surface area contributed by atoms with Gasteiger partial charge in [0.15, 0.2) is 0 Å². The van der Waals surface area contributed by atoms with Crippen LogP contribution in [0.1, 0.15) is 39.5 Å². The maximum absolute atomic E-state index is 13.4. The molecule has 2 atom stereocenters. The highest BCUT2D eigenvalue weighted by atomic mass is 32.2. The Hall–Kier alpha value is -1.19. The largest absolute Gasteiger partial charge is 0.394 e. The second-order valence-electron chi connectivity index (χ2n) is 7.55. The van der Waals surface area contributed by atoms with Gasteiger partial charge in [-0.2, -0.15) is 4.31 Å². The van der Waals surface area contributed by atoms with E-state index < -0.39 is 28.8 Å². The molecule has 0 amide bonds. The van der Waals surface area contributed by atoms with E-state index in [9.17, 15) is 18.6 Å². The lowest BCUT2D eigenvalue weighted by Crippen LogP contribution is -2.45. The summed E-state index contributed by atoms with van der Waals surface area (Å²) < 4.78 is 28.3. The summed E-state index contributed by atoms with van der Waals surface area (Å²) in [6.07, 6.45) is 1.76. The molecule has 1 saturated carbocycles. The third kappa shape index (κ3) is 5.89. The van der Waals surface area contributed by atoms with Crippen LogP contribution in [0.2, 0.25) is 0 Å². The van der Waals surface area contributed by atoms with Crippen LogP contribution in [0.25, 0.3) is 0 Å². The van der Waals surface area contributed by atoms with Crippen LogP contribution < -0.4 is 5.32 Å². The molecule has 0 aromatic heterocycles. The van der Waals surface area contributed by atoms with Gasteiger partial charge in [-0.15, -0.1) is 0 Å². The normalized spacial score (nSPS) is 23.2. The summed E-state index contributed by atoms with van der Waals surface area (Å²) in [5.41, 5.74) is 0.379. The average molecular weight is 401 g/mol. The Morgan fingerprint density at radius 3 is 2.41 bits per heavy atom. The Bertz CT molecular complexity index is 687. The molecule has 4 N–H and O–H groups in total. The molecular weight excluding hydrogens is 368 g/mol. The second-order valence-corrected chi connectivity index (χ2v) is 9.41. The van der Waals surface area contributed by atoms with Gasteiger partial charge in [-0.1, -0.05) is 19.1 Å². The van der Waals surface area contributed by atoms with Gasteiger partial charge in [0.25, 0.3) is 0 Å². The molecule has 2 unspecified atom stereocenters. The maximum atomic E-state index is 13.4. The molecule has 1 aromatic carbocycles. The first-order chi connectivity index (χ1) is 12.8. The lowest BCUT2D eigenvalue weighted by Gasteiger charge is -2.36. The summed E-state index contributed by atoms with van der Waals surface area (Å²) in [7, 11) is -3.83. The minimum atomic E-state index is -3.83. The van der Waals surface area contributed by atoms with Crippen molar-refractivity contribution in [3.63, 3.8) is 0 Å². The lowest BCUT2D eigenvalue weighted by molar-refractivity contribution is 0.105. The summed E-state index contributed by atoms with van der Waals surface area (Å²) in [5, 5.41) is 31.4. The first-order valence-corrected chi connectivity index (χ1v) is 11.0. The lowest BCUT2D eigenvalue weighted by atomic mass is 9.87. The highest BCUT2D eigenvalue weighted by Crippen LogP contribution is 2.33. The Morgan fingerprint density at radius 1 is 1.19 bits per heavy atom. The van der Waals surface area contributed by atoms with E-state index in [1.807, 2.05) is 0 Å². The van der Waals surface area contributed by atoms with E-state index in [0.29, 0.717) is 11.6 Å². The van der Waals surface area contributed by atoms with E-state index in [4.69, 9.17) is 5.11 Å². The summed E-state index contributed by atoms with van der Waals surface area (Å²) in [4.78, 5) is 0.120. The fourth-order valence-electron chi connectivity index (χ4n) is 3.49. The summed E-state index contributed by atoms with van der Waals surface area (Å²) in [5.74, 6) is 0.589. The first kappa shape index (κ1) is 22.1. The van der Waals surface area contributed by atoms with Crippen molar-refractivity contribution in [3.8, 4) is 0 Å². The SMILES string of the molecule is CC(O)CN(C1CCC(C)CC1)S(=O)(=O)c1ccccc1NCC(O)CO. The third-order valence-electron chi connectivity index (χ3n) is 5.05. The number of anilines is 1. The van der Waals surface area contributed by atoms with Crippen molar-refractivity contribution in [2.24, 2.45) is 5.92 Å². The molecular formula is C19H32N2O5S. The monoisotopic (exact) mass is 400 g/mol. The Labute approximate surface area is 162 Å². The predicted molar refractivity (Wildman–Crippen MR) is 105 cm³/mol. The minimum absolute atomic E-state index is 0.0420. The minimum Gasteiger partial charge on any atom is -0.394 e. The number of nitrogens with one attached hydrogen (secondary N) is 1. The van der Waals surface area contributed by atoms with Gasteiger partial charge in [0, 0.05) is 19.1 Å². The molecule has 8 heteroatoms. The van der Waals surface area contributed by atoms with Gasteiger partial charge >= 0.3 is 0 Å². The van der Waals surface area contributed by atoms with Gasteiger partial charge in [-0.05, 0) is 50.7 Å². The van der Waals surface area contributed by atoms with Crippen molar-refractivity contribution in [1.29, 1.82) is 0 Å². The molecule has 0 aliphatic heterocycles. The van der Waals surface area contributed by atoms with E-state index in [1.54, 1.807) is 25.1 Å². The molecule has 154 valence electrons. The van der Waals surface area contributed by atoms with E-state index >= 15 is 0 Å². The number of aliphatic hydroxyl groups excluding tert-OH is 3. The fraction of sp³-hybridized carbons (Fsp3) is 0.684. The number of hydrogen-bond acceptors (Lipinski definition) is 6. The molecule has 1 fully saturated rings. The molecule has 1 aliphatic carbocycles. The van der Waals surface area contributed by atoms with E-state index in [-0.39, 0.29) is 24.0 Å². The van der Waals surface area contributed by atoms with Gasteiger partial charge in [0.05, 0.1) is 24.5 Å². The zero-order chi connectivity index (χ0) is 20.0. The average Bonchev–Trinajstić information content (AvgIpc) is 2.65. The van der Waals surface area contributed by atoms with E-state index in [0.717, 1.165) is 25.7 Å². The van der Waals surface area contributed by atoms with Gasteiger partial charge < -0.3 is 20.6 Å². The zero-order valence-electron chi connectivity index (χ0n) is 16.1. The van der Waals surface area contributed by atoms with Crippen molar-refractivity contribution in [3.05, 3.63) is 24.3 Å². The van der Waals surface area contributed by atoms with Crippen LogP contribution in [-0.2, 0) is 10.0 Å². The molecule has 0 spiro atoms. The smallest absolute Gasteiger partial charge is 0.245 e. The highest BCUT2D eigenvalue weighted by Gasteiger charge is 2.35. The third-order valence-corrected chi connectivity index (χ3v) is 7.03. The van der Waals surface area contributed by atoms with Gasteiger partial charge in [-0.25, -0.2) is 8.42 Å². The zero-order valence-corrected chi connectivity index (χ0v) is 16.9. The molecule has 2 rings (SSSR count). The molecule has 27 heavy (non-hydrogen) atoms. The molecule has 7 nitrogen and oxygen atoms in total. The number of nitrogens with zero attached hydrogens (tertiary/aromatic N) is 1. The summed E-state index contributed by atoms with van der Waals surface area (Å²) in [6, 6.07) is 6.42. The van der Waals surface area contributed by atoms with E-state index in [1.165, 1.54) is 10.4 Å². The number of hydrogen-bond donors (Lipinski definition) is 4. The van der Waals surface area contributed by atoms with Crippen molar-refractivity contribution in [2.45, 2.75) is 62.7 Å². The van der Waals surface area contributed by atoms with Crippen LogP contribution in [-0.4, -0.2) is 66.0 Å². The molecule has 1 aromatic rings. The number of benzene rings is 1. The summed E-state index contributed by atoms with van der Waals surface area (Å²) in [6.45, 7) is 3.46.